The number of carboxylic acids is 1. The van der Waals surface area contributed by atoms with Crippen molar-refractivity contribution in [1.29, 1.82) is 5.41 Å². The molecule has 1 fully saturated rings. The number of piperazine rings is 1. The summed E-state index contributed by atoms with van der Waals surface area (Å²) in [6, 6.07) is 9.84. The van der Waals surface area contributed by atoms with Crippen molar-refractivity contribution in [2.24, 2.45) is 5.73 Å². The number of halogens is 3. The molecule has 34 heavy (non-hydrogen) atoms. The number of nitrogens with zero attached hydrogens (tertiary/aromatic N) is 2. The number of amides is 1. The van der Waals surface area contributed by atoms with Gasteiger partial charge in [0, 0.05) is 44.2 Å². The number of carbonyl (C=O) groups is 2. The molecular weight excluding hydrogens is 477 g/mol. The maximum absolute atomic E-state index is 12.9. The first-order valence-electron chi connectivity index (χ1n) is 9.84. The van der Waals surface area contributed by atoms with Gasteiger partial charge in [-0.3, -0.25) is 15.0 Å². The first-order chi connectivity index (χ1) is 15.7. The first-order valence-corrected chi connectivity index (χ1v) is 11.3. The van der Waals surface area contributed by atoms with Crippen molar-refractivity contribution in [3.05, 3.63) is 65.2 Å². The van der Waals surface area contributed by atoms with Crippen LogP contribution in [0.1, 0.15) is 28.4 Å². The first kappa shape index (κ1) is 26.8. The summed E-state index contributed by atoms with van der Waals surface area (Å²) in [4.78, 5) is 22.7. The van der Waals surface area contributed by atoms with Crippen LogP contribution in [0.5, 0.6) is 0 Å². The lowest BCUT2D eigenvalue weighted by Gasteiger charge is -2.34. The standard InChI is InChI=1S/C19H19F3N4O3S.C2H4O2/c20-19(21,22)15-5-2-6-16(12-15)30(28,29)26-9-7-25(8-10-26)18(27)14-4-1-3-13(11-14)17(23)24;1-2(3)4/h1-6,11-12H,7-10H2,(H3,23,24);1H3,(H,3,4). The molecule has 1 aliphatic heterocycles. The van der Waals surface area contributed by atoms with Crippen LogP contribution in [0.15, 0.2) is 53.4 Å². The summed E-state index contributed by atoms with van der Waals surface area (Å²) >= 11 is 0. The number of hydrogen-bond acceptors (Lipinski definition) is 5. The Kier molecular flexibility index (Phi) is 8.40. The summed E-state index contributed by atoms with van der Waals surface area (Å²) < 4.78 is 65.3. The van der Waals surface area contributed by atoms with Crippen LogP contribution in [0.3, 0.4) is 0 Å². The molecule has 0 atom stereocenters. The summed E-state index contributed by atoms with van der Waals surface area (Å²) in [5, 5.41) is 14.9. The van der Waals surface area contributed by atoms with Crippen LogP contribution in [0.4, 0.5) is 13.2 Å². The molecule has 2 aromatic carbocycles. The number of aliphatic carboxylic acids is 1. The molecule has 0 unspecified atom stereocenters. The van der Waals surface area contributed by atoms with Gasteiger partial charge < -0.3 is 15.7 Å². The van der Waals surface area contributed by atoms with Crippen LogP contribution >= 0.6 is 0 Å². The van der Waals surface area contributed by atoms with E-state index in [9.17, 15) is 26.4 Å². The quantitative estimate of drug-likeness (QED) is 0.434. The van der Waals surface area contributed by atoms with Gasteiger partial charge in [0.1, 0.15) is 5.84 Å². The largest absolute Gasteiger partial charge is 0.481 e. The Bertz CT molecular complexity index is 1170. The van der Waals surface area contributed by atoms with E-state index in [-0.39, 0.29) is 37.9 Å². The number of amidine groups is 1. The molecule has 9 nitrogen and oxygen atoms in total. The maximum Gasteiger partial charge on any atom is 0.416 e. The lowest BCUT2D eigenvalue weighted by atomic mass is 10.1. The summed E-state index contributed by atoms with van der Waals surface area (Å²) in [5.41, 5.74) is 5.11. The average Bonchev–Trinajstić information content (AvgIpc) is 2.78. The molecule has 0 aromatic heterocycles. The van der Waals surface area contributed by atoms with Crippen molar-refractivity contribution >= 4 is 27.7 Å². The van der Waals surface area contributed by atoms with Crippen molar-refractivity contribution in [3.63, 3.8) is 0 Å². The number of sulfonamides is 1. The predicted molar refractivity (Wildman–Crippen MR) is 117 cm³/mol. The molecule has 0 saturated carbocycles. The number of nitrogens with two attached hydrogens (primary N) is 1. The highest BCUT2D eigenvalue weighted by Crippen LogP contribution is 2.31. The molecule has 2 aromatic rings. The number of alkyl halides is 3. The number of benzene rings is 2. The molecule has 0 radical (unpaired) electrons. The van der Waals surface area contributed by atoms with E-state index in [1.165, 1.54) is 11.0 Å². The predicted octanol–water partition coefficient (Wildman–Crippen LogP) is 2.23. The molecule has 0 aliphatic carbocycles. The smallest absolute Gasteiger partial charge is 0.416 e. The van der Waals surface area contributed by atoms with E-state index < -0.39 is 32.6 Å². The van der Waals surface area contributed by atoms with E-state index in [1.54, 1.807) is 18.2 Å². The number of carboxylic acid groups (broad SMARTS) is 1. The third kappa shape index (κ3) is 6.78. The molecular formula is C21H23F3N4O5S. The van der Waals surface area contributed by atoms with Gasteiger partial charge in [0.2, 0.25) is 10.0 Å². The van der Waals surface area contributed by atoms with Gasteiger partial charge >= 0.3 is 6.18 Å². The van der Waals surface area contributed by atoms with Crippen LogP contribution in [0.25, 0.3) is 0 Å². The fourth-order valence-corrected chi connectivity index (χ4v) is 4.58. The minimum atomic E-state index is -4.65. The normalized spacial score (nSPS) is 14.6. The van der Waals surface area contributed by atoms with Gasteiger partial charge in [-0.05, 0) is 30.3 Å². The number of carbonyl (C=O) groups excluding carboxylic acids is 1. The number of hydrogen-bond donors (Lipinski definition) is 3. The zero-order valence-electron chi connectivity index (χ0n) is 18.0. The second kappa shape index (κ2) is 10.7. The Morgan fingerprint density at radius 2 is 1.53 bits per heavy atom. The number of nitrogen functional groups attached to an aromatic ring is 1. The fourth-order valence-electron chi connectivity index (χ4n) is 3.12. The molecule has 0 bridgehead atoms. The van der Waals surface area contributed by atoms with E-state index in [2.05, 4.69) is 0 Å². The average molecular weight is 500 g/mol. The van der Waals surface area contributed by atoms with Crippen LogP contribution in [0, 0.1) is 5.41 Å². The van der Waals surface area contributed by atoms with Gasteiger partial charge in [-0.15, -0.1) is 0 Å². The molecule has 1 heterocycles. The number of rotatable bonds is 4. The van der Waals surface area contributed by atoms with Gasteiger partial charge in [0.25, 0.3) is 11.9 Å². The number of nitrogens with one attached hydrogen (secondary N) is 1. The summed E-state index contributed by atoms with van der Waals surface area (Å²) in [7, 11) is -4.13. The van der Waals surface area contributed by atoms with Gasteiger partial charge in [-0.25, -0.2) is 8.42 Å². The van der Waals surface area contributed by atoms with Crippen molar-refractivity contribution in [2.75, 3.05) is 26.2 Å². The molecule has 184 valence electrons. The molecule has 1 aliphatic rings. The summed E-state index contributed by atoms with van der Waals surface area (Å²) in [5.74, 6) is -1.35. The van der Waals surface area contributed by atoms with Gasteiger partial charge in [-0.1, -0.05) is 18.2 Å². The molecule has 1 amide bonds. The lowest BCUT2D eigenvalue weighted by Crippen LogP contribution is -2.50. The maximum atomic E-state index is 12.9. The van der Waals surface area contributed by atoms with Crippen molar-refractivity contribution < 1.29 is 36.3 Å². The zero-order valence-corrected chi connectivity index (χ0v) is 18.9. The van der Waals surface area contributed by atoms with Crippen LogP contribution in [0.2, 0.25) is 0 Å². The molecule has 3 rings (SSSR count). The van der Waals surface area contributed by atoms with Gasteiger partial charge in [-0.2, -0.15) is 17.5 Å². The molecule has 13 heteroatoms. The van der Waals surface area contributed by atoms with Crippen LogP contribution < -0.4 is 5.73 Å². The lowest BCUT2D eigenvalue weighted by molar-refractivity contribution is -0.138. The van der Waals surface area contributed by atoms with E-state index in [0.717, 1.165) is 29.4 Å². The molecule has 0 spiro atoms. The fraction of sp³-hybridized carbons (Fsp3) is 0.286. The highest BCUT2D eigenvalue weighted by molar-refractivity contribution is 7.89. The highest BCUT2D eigenvalue weighted by Gasteiger charge is 2.34. The topological polar surface area (TPSA) is 145 Å². The van der Waals surface area contributed by atoms with E-state index in [0.29, 0.717) is 17.2 Å². The van der Waals surface area contributed by atoms with Gasteiger partial charge in [0.15, 0.2) is 0 Å². The summed E-state index contributed by atoms with van der Waals surface area (Å²) in [6.07, 6.45) is -4.65. The van der Waals surface area contributed by atoms with Gasteiger partial charge in [0.05, 0.1) is 10.5 Å². The minimum Gasteiger partial charge on any atom is -0.481 e. The third-order valence-corrected chi connectivity index (χ3v) is 6.64. The Hall–Kier alpha value is -3.45. The summed E-state index contributed by atoms with van der Waals surface area (Å²) in [6.45, 7) is 1.16. The SMILES string of the molecule is CC(=O)O.N=C(N)c1cccc(C(=O)N2CCN(S(=O)(=O)c3cccc(C(F)(F)F)c3)CC2)c1. The Labute approximate surface area is 194 Å². The van der Waals surface area contributed by atoms with E-state index in [4.69, 9.17) is 21.0 Å². The highest BCUT2D eigenvalue weighted by atomic mass is 32.2. The van der Waals surface area contributed by atoms with Crippen LogP contribution in [-0.4, -0.2) is 66.6 Å². The second-order valence-electron chi connectivity index (χ2n) is 7.24. The molecule has 4 N–H and O–H groups in total. The minimum absolute atomic E-state index is 0.0449. The van der Waals surface area contributed by atoms with Crippen LogP contribution in [-0.2, 0) is 21.0 Å². The second-order valence-corrected chi connectivity index (χ2v) is 9.17. The Morgan fingerprint density at radius 1 is 1.00 bits per heavy atom. The van der Waals surface area contributed by atoms with Crippen molar-refractivity contribution in [2.45, 2.75) is 18.0 Å². The van der Waals surface area contributed by atoms with E-state index in [1.807, 2.05) is 0 Å². The Balaban J connectivity index is 0.000000945. The monoisotopic (exact) mass is 500 g/mol. The third-order valence-electron chi connectivity index (χ3n) is 4.75. The molecule has 1 saturated heterocycles. The van der Waals surface area contributed by atoms with Crippen molar-refractivity contribution in [1.82, 2.24) is 9.21 Å². The Morgan fingerprint density at radius 3 is 2.06 bits per heavy atom. The zero-order chi connectivity index (χ0) is 25.7. The van der Waals surface area contributed by atoms with Crippen molar-refractivity contribution in [3.8, 4) is 0 Å². The van der Waals surface area contributed by atoms with E-state index >= 15 is 0 Å².